The van der Waals surface area contributed by atoms with Gasteiger partial charge in [-0.3, -0.25) is 18.7 Å². The maximum absolute atomic E-state index is 12.1. The fraction of sp³-hybridized carbons (Fsp3) is 0.545. The Morgan fingerprint density at radius 2 is 2.14 bits per heavy atom. The van der Waals surface area contributed by atoms with Crippen LogP contribution in [0.3, 0.4) is 0 Å². The van der Waals surface area contributed by atoms with Crippen LogP contribution < -0.4 is 34.7 Å². The first-order valence-electron chi connectivity index (χ1n) is 5.76. The predicted octanol–water partition coefficient (Wildman–Crippen LogP) is -4.97. The smallest absolute Gasteiger partial charge is 0.543 e. The van der Waals surface area contributed by atoms with E-state index in [2.05, 4.69) is 12.6 Å². The number of aliphatic carboxylic acids is 1. The molecule has 0 saturated carbocycles. The first kappa shape index (κ1) is 18.7. The third kappa shape index (κ3) is 3.37. The number of carbonyl (C=O) groups is 3. The van der Waals surface area contributed by atoms with Crippen molar-refractivity contribution in [1.29, 1.82) is 0 Å². The average molecular weight is 341 g/mol. The van der Waals surface area contributed by atoms with E-state index in [9.17, 15) is 23.7 Å². The minimum Gasteiger partial charge on any atom is -0.543 e. The number of esters is 1. The van der Waals surface area contributed by atoms with E-state index in [0.29, 0.717) is 0 Å². The molecule has 0 N–H and O–H groups in total. The van der Waals surface area contributed by atoms with Crippen molar-refractivity contribution in [3.63, 3.8) is 0 Å². The van der Waals surface area contributed by atoms with Gasteiger partial charge in [0, 0.05) is 29.0 Å². The second-order valence-electron chi connectivity index (χ2n) is 4.43. The molecule has 0 radical (unpaired) electrons. The van der Waals surface area contributed by atoms with Crippen molar-refractivity contribution in [3.8, 4) is 0 Å². The Labute approximate surface area is 151 Å². The van der Waals surface area contributed by atoms with Crippen molar-refractivity contribution in [1.82, 2.24) is 4.90 Å². The van der Waals surface area contributed by atoms with Crippen molar-refractivity contribution in [2.45, 2.75) is 12.3 Å². The van der Waals surface area contributed by atoms with Crippen LogP contribution in [0.4, 0.5) is 0 Å². The molecule has 1 fully saturated rings. The second kappa shape index (κ2) is 7.28. The molecule has 21 heavy (non-hydrogen) atoms. The number of hydrogen-bond donors (Lipinski definition) is 1. The molecule has 2 aliphatic rings. The summed E-state index contributed by atoms with van der Waals surface area (Å²) in [5, 5.41) is 10.5. The van der Waals surface area contributed by atoms with Gasteiger partial charge in [0.25, 0.3) is 0 Å². The van der Waals surface area contributed by atoms with E-state index >= 15 is 0 Å². The van der Waals surface area contributed by atoms with Crippen molar-refractivity contribution in [2.75, 3.05) is 18.1 Å². The monoisotopic (exact) mass is 341 g/mol. The standard InChI is InChI=1S/C11H13NO6S2.Na/c1-5(13)18-2-6-4-20(17)10-7(3-19)9(14)12(10)8(6)11(15)16;/h7,10,19H,2-4H2,1H3,(H,15,16);/q;+1/p-1/t7-,10+,20+;/m0./s1. The number of rotatable bonds is 4. The Morgan fingerprint density at radius 3 is 2.62 bits per heavy atom. The number of fused-ring (bicyclic) bond motifs is 1. The van der Waals surface area contributed by atoms with Crippen molar-refractivity contribution >= 4 is 41.3 Å². The van der Waals surface area contributed by atoms with Gasteiger partial charge in [-0.05, 0) is 0 Å². The topological polar surface area (TPSA) is 104 Å². The van der Waals surface area contributed by atoms with Gasteiger partial charge in [-0.15, -0.1) is 0 Å². The minimum atomic E-state index is -1.54. The molecule has 2 heterocycles. The van der Waals surface area contributed by atoms with Gasteiger partial charge in [0.15, 0.2) is 0 Å². The number of hydrogen-bond acceptors (Lipinski definition) is 7. The van der Waals surface area contributed by atoms with Crippen LogP contribution in [0.2, 0.25) is 0 Å². The summed E-state index contributed by atoms with van der Waals surface area (Å²) in [6, 6.07) is 0. The number of ether oxygens (including phenoxy) is 1. The molecule has 0 aromatic carbocycles. The second-order valence-corrected chi connectivity index (χ2v) is 6.33. The number of carbonyl (C=O) groups excluding carboxylic acids is 3. The van der Waals surface area contributed by atoms with Crippen molar-refractivity contribution < 1.29 is 58.0 Å². The Kier molecular flexibility index (Phi) is 6.48. The first-order valence-corrected chi connectivity index (χ1v) is 7.77. The summed E-state index contributed by atoms with van der Waals surface area (Å²) in [4.78, 5) is 34.9. The van der Waals surface area contributed by atoms with Gasteiger partial charge in [0.1, 0.15) is 12.0 Å². The molecule has 7 nitrogen and oxygen atoms in total. The zero-order valence-corrected chi connectivity index (χ0v) is 15.2. The molecule has 0 aliphatic carbocycles. The molecule has 3 atom stereocenters. The fourth-order valence-corrected chi connectivity index (χ4v) is 4.52. The third-order valence-corrected chi connectivity index (χ3v) is 5.26. The molecule has 0 spiro atoms. The Bertz CT molecular complexity index is 549. The number of carboxylic acids is 1. The Hall–Kier alpha value is -0.350. The van der Waals surface area contributed by atoms with E-state index in [-0.39, 0.29) is 58.9 Å². The number of thiol groups is 1. The molecule has 0 bridgehead atoms. The summed E-state index contributed by atoms with van der Waals surface area (Å²) in [5.41, 5.74) is -0.209. The number of carboxylic acid groups (broad SMARTS) is 1. The van der Waals surface area contributed by atoms with Crippen LogP contribution in [0.15, 0.2) is 11.3 Å². The van der Waals surface area contributed by atoms with Gasteiger partial charge >= 0.3 is 35.5 Å². The summed E-state index contributed by atoms with van der Waals surface area (Å²) in [7, 11) is -1.44. The van der Waals surface area contributed by atoms with Gasteiger partial charge in [0.05, 0.1) is 23.3 Å². The minimum absolute atomic E-state index is 0. The summed E-state index contributed by atoms with van der Waals surface area (Å²) in [6.07, 6.45) is 0. The molecule has 10 heteroatoms. The van der Waals surface area contributed by atoms with Crippen LogP contribution in [-0.2, 0) is 29.9 Å². The van der Waals surface area contributed by atoms with Crippen LogP contribution in [0, 0.1) is 5.92 Å². The molecule has 0 aromatic heterocycles. The molecule has 1 saturated heterocycles. The molecule has 1 amide bonds. The first-order chi connectivity index (χ1) is 9.38. The largest absolute Gasteiger partial charge is 1.00 e. The van der Waals surface area contributed by atoms with Crippen LogP contribution in [0.1, 0.15) is 6.92 Å². The van der Waals surface area contributed by atoms with Crippen LogP contribution in [0.5, 0.6) is 0 Å². The van der Waals surface area contributed by atoms with Crippen LogP contribution >= 0.6 is 12.6 Å². The van der Waals surface area contributed by atoms with Crippen LogP contribution in [0.25, 0.3) is 0 Å². The number of nitrogens with zero attached hydrogens (tertiary/aromatic N) is 1. The predicted molar refractivity (Wildman–Crippen MR) is 69.7 cm³/mol. The van der Waals surface area contributed by atoms with Gasteiger partial charge in [0.2, 0.25) is 5.91 Å². The Morgan fingerprint density at radius 1 is 1.52 bits per heavy atom. The molecular weight excluding hydrogens is 329 g/mol. The maximum Gasteiger partial charge on any atom is 1.00 e. The zero-order chi connectivity index (χ0) is 15.0. The summed E-state index contributed by atoms with van der Waals surface area (Å²) >= 11 is 4.01. The van der Waals surface area contributed by atoms with E-state index in [0.717, 1.165) is 4.90 Å². The van der Waals surface area contributed by atoms with Crippen LogP contribution in [-0.4, -0.2) is 50.4 Å². The summed E-state index contributed by atoms with van der Waals surface area (Å²) in [5.74, 6) is -2.99. The molecule has 0 unspecified atom stereocenters. The molecule has 0 aromatic rings. The molecular formula is C11H12NNaO6S2. The number of amides is 1. The molecule has 110 valence electrons. The summed E-state index contributed by atoms with van der Waals surface area (Å²) in [6.45, 7) is 0.861. The van der Waals surface area contributed by atoms with Crippen molar-refractivity contribution in [3.05, 3.63) is 11.3 Å². The van der Waals surface area contributed by atoms with E-state index in [1.807, 2.05) is 0 Å². The third-order valence-electron chi connectivity index (χ3n) is 3.15. The van der Waals surface area contributed by atoms with E-state index < -0.39 is 39.9 Å². The normalized spacial score (nSPS) is 27.4. The van der Waals surface area contributed by atoms with Crippen molar-refractivity contribution in [2.24, 2.45) is 5.92 Å². The quantitative estimate of drug-likeness (QED) is 0.238. The molecule has 2 rings (SSSR count). The summed E-state index contributed by atoms with van der Waals surface area (Å²) < 4.78 is 16.8. The fourth-order valence-electron chi connectivity index (χ4n) is 2.27. The SMILES string of the molecule is CC(=O)OCC1=C(C(=O)[O-])N2C(=O)[C@H](CS)[C@H]2[S@](=O)C1.[Na+]. The maximum atomic E-state index is 12.1. The molecule has 2 aliphatic heterocycles. The average Bonchev–Trinajstić information content (AvgIpc) is 2.36. The number of β-lactam (4-membered cyclic amide) rings is 1. The van der Waals surface area contributed by atoms with Gasteiger partial charge in [-0.2, -0.15) is 12.6 Å². The zero-order valence-electron chi connectivity index (χ0n) is 11.5. The Balaban J connectivity index is 0.00000220. The van der Waals surface area contributed by atoms with E-state index in [1.54, 1.807) is 0 Å². The van der Waals surface area contributed by atoms with E-state index in [1.165, 1.54) is 6.92 Å². The van der Waals surface area contributed by atoms with Gasteiger partial charge in [-0.25, -0.2) is 0 Å². The van der Waals surface area contributed by atoms with E-state index in [4.69, 9.17) is 4.74 Å². The van der Waals surface area contributed by atoms with Gasteiger partial charge in [-0.1, -0.05) is 0 Å². The van der Waals surface area contributed by atoms with Gasteiger partial charge < -0.3 is 14.6 Å².